The predicted molar refractivity (Wildman–Crippen MR) is 62.9 cm³/mol. The van der Waals surface area contributed by atoms with Crippen LogP contribution in [0.1, 0.15) is 11.8 Å². The van der Waals surface area contributed by atoms with E-state index >= 15 is 0 Å². The van der Waals surface area contributed by atoms with E-state index in [2.05, 4.69) is 25.6 Å². The third-order valence-corrected chi connectivity index (χ3v) is 3.70. The Labute approximate surface area is 87.0 Å². The topological polar surface area (TPSA) is 26.0 Å². The number of thiol groups is 1. The molecular formula is C10H11NS2. The molecule has 0 aliphatic rings. The smallest absolute Gasteiger partial charge is 0.0535 e. The third-order valence-electron chi connectivity index (χ3n) is 2.11. The van der Waals surface area contributed by atoms with Gasteiger partial charge < -0.3 is 5.73 Å². The fraction of sp³-hybridized carbons (Fsp3) is 0.200. The number of hydrogen-bond donors (Lipinski definition) is 2. The van der Waals surface area contributed by atoms with Gasteiger partial charge in [0.2, 0.25) is 0 Å². The van der Waals surface area contributed by atoms with Gasteiger partial charge in [0.25, 0.3) is 0 Å². The van der Waals surface area contributed by atoms with Crippen LogP contribution in [0.4, 0.5) is 5.69 Å². The minimum absolute atomic E-state index is 0.941. The highest BCUT2D eigenvalue weighted by molar-refractivity contribution is 7.80. The summed E-state index contributed by atoms with van der Waals surface area (Å²) in [6.07, 6.45) is 1.01. The number of rotatable bonds is 1. The number of aryl methyl sites for hydroxylation is 1. The Morgan fingerprint density at radius 3 is 2.92 bits per heavy atom. The number of nitrogens with two attached hydrogens (primary N) is 1. The molecule has 0 saturated carbocycles. The van der Waals surface area contributed by atoms with Gasteiger partial charge in [-0.05, 0) is 18.6 Å². The first-order valence-electron chi connectivity index (χ1n) is 4.22. The van der Waals surface area contributed by atoms with E-state index in [1.54, 1.807) is 11.3 Å². The molecule has 0 spiro atoms. The van der Waals surface area contributed by atoms with Crippen LogP contribution in [0.15, 0.2) is 23.1 Å². The molecule has 13 heavy (non-hydrogen) atoms. The number of benzene rings is 1. The van der Waals surface area contributed by atoms with Crippen LogP contribution in [0.3, 0.4) is 0 Å². The molecule has 0 bridgehead atoms. The molecule has 0 unspecified atom stereocenters. The molecular weight excluding hydrogens is 198 g/mol. The molecule has 1 nitrogen and oxygen atoms in total. The number of hydrogen-bond acceptors (Lipinski definition) is 3. The van der Waals surface area contributed by atoms with Gasteiger partial charge in [0.05, 0.1) is 5.69 Å². The van der Waals surface area contributed by atoms with Gasteiger partial charge in [-0.15, -0.1) is 24.0 Å². The second-order valence-electron chi connectivity index (χ2n) is 2.97. The lowest BCUT2D eigenvalue weighted by molar-refractivity contribution is 1.19. The first-order chi connectivity index (χ1) is 6.22. The van der Waals surface area contributed by atoms with E-state index in [0.29, 0.717) is 0 Å². The molecule has 0 aliphatic heterocycles. The van der Waals surface area contributed by atoms with Crippen molar-refractivity contribution in [3.8, 4) is 0 Å². The fourth-order valence-corrected chi connectivity index (χ4v) is 2.81. The second-order valence-corrected chi connectivity index (χ2v) is 4.63. The monoisotopic (exact) mass is 209 g/mol. The SMILES string of the molecule is CCc1sc2cc(S)ccc2c1N. The summed E-state index contributed by atoms with van der Waals surface area (Å²) in [7, 11) is 0. The molecule has 0 amide bonds. The first kappa shape index (κ1) is 8.91. The van der Waals surface area contributed by atoms with E-state index in [0.717, 1.165) is 17.0 Å². The number of nitrogen functional groups attached to an aromatic ring is 1. The summed E-state index contributed by atoms with van der Waals surface area (Å²) < 4.78 is 1.24. The summed E-state index contributed by atoms with van der Waals surface area (Å²) in [5, 5.41) is 1.17. The van der Waals surface area contributed by atoms with Crippen molar-refractivity contribution in [1.82, 2.24) is 0 Å². The van der Waals surface area contributed by atoms with Crippen molar-refractivity contribution in [2.24, 2.45) is 0 Å². The molecule has 0 saturated heterocycles. The molecule has 1 aromatic carbocycles. The normalized spacial score (nSPS) is 10.9. The zero-order chi connectivity index (χ0) is 9.42. The Hall–Kier alpha value is -0.670. The molecule has 0 aliphatic carbocycles. The maximum Gasteiger partial charge on any atom is 0.0535 e. The van der Waals surface area contributed by atoms with Gasteiger partial charge in [0, 0.05) is 19.9 Å². The molecule has 0 fully saturated rings. The molecule has 2 N–H and O–H groups in total. The molecule has 0 atom stereocenters. The van der Waals surface area contributed by atoms with Gasteiger partial charge in [-0.3, -0.25) is 0 Å². The van der Waals surface area contributed by atoms with Crippen molar-refractivity contribution in [1.29, 1.82) is 0 Å². The van der Waals surface area contributed by atoms with Gasteiger partial charge in [-0.2, -0.15) is 0 Å². The quantitative estimate of drug-likeness (QED) is 0.692. The van der Waals surface area contributed by atoms with E-state index in [-0.39, 0.29) is 0 Å². The fourth-order valence-electron chi connectivity index (χ4n) is 1.42. The summed E-state index contributed by atoms with van der Waals surface area (Å²) in [4.78, 5) is 2.27. The van der Waals surface area contributed by atoms with Crippen LogP contribution in [-0.4, -0.2) is 0 Å². The van der Waals surface area contributed by atoms with Crippen LogP contribution < -0.4 is 5.73 Å². The number of thiophene rings is 1. The Balaban J connectivity index is 2.76. The Morgan fingerprint density at radius 2 is 2.23 bits per heavy atom. The van der Waals surface area contributed by atoms with Crippen molar-refractivity contribution >= 4 is 39.7 Å². The van der Waals surface area contributed by atoms with Gasteiger partial charge in [0.15, 0.2) is 0 Å². The number of fused-ring (bicyclic) bond motifs is 1. The van der Waals surface area contributed by atoms with Crippen LogP contribution in [0.5, 0.6) is 0 Å². The van der Waals surface area contributed by atoms with Crippen molar-refractivity contribution in [2.45, 2.75) is 18.2 Å². The summed E-state index contributed by atoms with van der Waals surface area (Å²) in [6.45, 7) is 2.13. The summed E-state index contributed by atoms with van der Waals surface area (Å²) in [5.74, 6) is 0. The highest BCUT2D eigenvalue weighted by atomic mass is 32.1. The standard InChI is InChI=1S/C10H11NS2/c1-2-8-10(11)7-4-3-6(12)5-9(7)13-8/h3-5,12H,2,11H2,1H3. The lowest BCUT2D eigenvalue weighted by Crippen LogP contribution is -1.86. The summed E-state index contributed by atoms with van der Waals surface area (Å²) >= 11 is 6.06. The van der Waals surface area contributed by atoms with E-state index in [1.807, 2.05) is 12.1 Å². The Bertz CT molecular complexity index is 445. The van der Waals surface area contributed by atoms with Gasteiger partial charge in [0.1, 0.15) is 0 Å². The number of anilines is 1. The third kappa shape index (κ3) is 1.42. The Morgan fingerprint density at radius 1 is 1.46 bits per heavy atom. The lowest BCUT2D eigenvalue weighted by atomic mass is 10.2. The molecule has 3 heteroatoms. The van der Waals surface area contributed by atoms with Gasteiger partial charge in [-0.25, -0.2) is 0 Å². The minimum atomic E-state index is 0.941. The van der Waals surface area contributed by atoms with Crippen LogP contribution >= 0.6 is 24.0 Å². The highest BCUT2D eigenvalue weighted by Gasteiger charge is 2.06. The zero-order valence-corrected chi connectivity index (χ0v) is 9.08. The van der Waals surface area contributed by atoms with E-state index in [1.165, 1.54) is 15.0 Å². The Kier molecular flexibility index (Phi) is 2.22. The molecule has 68 valence electrons. The zero-order valence-electron chi connectivity index (χ0n) is 7.37. The predicted octanol–water partition coefficient (Wildman–Crippen LogP) is 3.33. The van der Waals surface area contributed by atoms with Crippen molar-refractivity contribution < 1.29 is 0 Å². The van der Waals surface area contributed by atoms with Crippen molar-refractivity contribution in [3.63, 3.8) is 0 Å². The van der Waals surface area contributed by atoms with Crippen molar-refractivity contribution in [3.05, 3.63) is 23.1 Å². The highest BCUT2D eigenvalue weighted by Crippen LogP contribution is 2.34. The van der Waals surface area contributed by atoms with E-state index in [9.17, 15) is 0 Å². The molecule has 2 aromatic rings. The summed E-state index contributed by atoms with van der Waals surface area (Å²) in [6, 6.07) is 6.09. The maximum absolute atomic E-state index is 5.99. The molecule has 0 radical (unpaired) electrons. The average molecular weight is 209 g/mol. The maximum atomic E-state index is 5.99. The lowest BCUT2D eigenvalue weighted by Gasteiger charge is -1.93. The summed E-state index contributed by atoms with van der Waals surface area (Å²) in [5.41, 5.74) is 6.93. The minimum Gasteiger partial charge on any atom is -0.397 e. The largest absolute Gasteiger partial charge is 0.397 e. The van der Waals surface area contributed by atoms with E-state index in [4.69, 9.17) is 5.73 Å². The van der Waals surface area contributed by atoms with E-state index < -0.39 is 0 Å². The van der Waals surface area contributed by atoms with Gasteiger partial charge in [-0.1, -0.05) is 13.0 Å². The second kappa shape index (κ2) is 3.24. The molecule has 2 rings (SSSR count). The van der Waals surface area contributed by atoms with Crippen LogP contribution in [-0.2, 0) is 6.42 Å². The molecule has 1 heterocycles. The van der Waals surface area contributed by atoms with Gasteiger partial charge >= 0.3 is 0 Å². The average Bonchev–Trinajstić information content (AvgIpc) is 2.42. The van der Waals surface area contributed by atoms with Crippen molar-refractivity contribution in [2.75, 3.05) is 5.73 Å². The van der Waals surface area contributed by atoms with Crippen LogP contribution in [0, 0.1) is 0 Å². The van der Waals surface area contributed by atoms with Crippen LogP contribution in [0.2, 0.25) is 0 Å². The van der Waals surface area contributed by atoms with Crippen LogP contribution in [0.25, 0.3) is 10.1 Å². The first-order valence-corrected chi connectivity index (χ1v) is 5.48. The molecule has 1 aromatic heterocycles.